The van der Waals surface area contributed by atoms with Crippen LogP contribution in [0.3, 0.4) is 0 Å². The van der Waals surface area contributed by atoms with E-state index >= 15 is 0 Å². The topological polar surface area (TPSA) is 66.8 Å². The molecule has 0 bridgehead atoms. The lowest BCUT2D eigenvalue weighted by molar-refractivity contribution is -0.159. The summed E-state index contributed by atoms with van der Waals surface area (Å²) in [6.45, 7) is 4.53. The van der Waals surface area contributed by atoms with Crippen LogP contribution in [0.25, 0.3) is 0 Å². The summed E-state index contributed by atoms with van der Waals surface area (Å²) in [5.74, 6) is -0.828. The van der Waals surface area contributed by atoms with Gasteiger partial charge in [-0.15, -0.1) is 0 Å². The summed E-state index contributed by atoms with van der Waals surface area (Å²) in [7, 11) is 0. The van der Waals surface area contributed by atoms with Crippen LogP contribution in [-0.2, 0) is 4.79 Å². The maximum Gasteiger partial charge on any atom is 0.339 e. The zero-order valence-electron chi connectivity index (χ0n) is 9.95. The number of carbonyl (C=O) groups is 1. The Bertz CT molecular complexity index is 417. The Morgan fingerprint density at radius 3 is 2.29 bits per heavy atom. The standard InChI is InChI=1S/C12H15ClO4/c1-7-4-9(5-8(2)10(7)13)17-6-12(3,16)11(14)15/h4-5,16H,6H2,1-3H3,(H,14,15). The van der Waals surface area contributed by atoms with E-state index in [4.69, 9.17) is 21.4 Å². The van der Waals surface area contributed by atoms with Crippen molar-refractivity contribution >= 4 is 17.6 Å². The number of hydrogen-bond acceptors (Lipinski definition) is 3. The number of rotatable bonds is 4. The van der Waals surface area contributed by atoms with Crippen molar-refractivity contribution in [1.82, 2.24) is 0 Å². The Balaban J connectivity index is 2.81. The van der Waals surface area contributed by atoms with Gasteiger partial charge >= 0.3 is 5.97 Å². The van der Waals surface area contributed by atoms with Gasteiger partial charge in [0.1, 0.15) is 12.4 Å². The number of hydrogen-bond donors (Lipinski definition) is 2. The number of halogens is 1. The van der Waals surface area contributed by atoms with Gasteiger partial charge in [-0.1, -0.05) is 11.6 Å². The van der Waals surface area contributed by atoms with E-state index in [2.05, 4.69) is 0 Å². The summed E-state index contributed by atoms with van der Waals surface area (Å²) in [5, 5.41) is 18.9. The van der Waals surface area contributed by atoms with Gasteiger partial charge in [-0.05, 0) is 44.0 Å². The first-order chi connectivity index (χ1) is 7.74. The van der Waals surface area contributed by atoms with Crippen molar-refractivity contribution in [3.05, 3.63) is 28.3 Å². The van der Waals surface area contributed by atoms with Crippen LogP contribution in [-0.4, -0.2) is 28.4 Å². The second-order valence-corrected chi connectivity index (χ2v) is 4.62. The minimum atomic E-state index is -1.90. The van der Waals surface area contributed by atoms with E-state index in [1.54, 1.807) is 12.1 Å². The Morgan fingerprint density at radius 1 is 1.41 bits per heavy atom. The van der Waals surface area contributed by atoms with E-state index in [1.165, 1.54) is 6.92 Å². The van der Waals surface area contributed by atoms with E-state index in [0.717, 1.165) is 11.1 Å². The second kappa shape index (κ2) is 4.94. The molecule has 0 spiro atoms. The molecule has 0 heterocycles. The quantitative estimate of drug-likeness (QED) is 0.869. The lowest BCUT2D eigenvalue weighted by atomic mass is 10.1. The van der Waals surface area contributed by atoms with Crippen molar-refractivity contribution < 1.29 is 19.7 Å². The van der Waals surface area contributed by atoms with Gasteiger partial charge in [0.2, 0.25) is 0 Å². The third-order valence-corrected chi connectivity index (χ3v) is 2.99. The molecule has 0 amide bonds. The van der Waals surface area contributed by atoms with Crippen molar-refractivity contribution in [2.24, 2.45) is 0 Å². The zero-order chi connectivity index (χ0) is 13.2. The van der Waals surface area contributed by atoms with Gasteiger partial charge in [-0.25, -0.2) is 4.79 Å². The molecule has 0 aliphatic heterocycles. The molecule has 94 valence electrons. The van der Waals surface area contributed by atoms with E-state index < -0.39 is 11.6 Å². The van der Waals surface area contributed by atoms with E-state index in [1.807, 2.05) is 13.8 Å². The van der Waals surface area contributed by atoms with Crippen LogP contribution in [0.15, 0.2) is 12.1 Å². The Kier molecular flexibility index (Phi) is 4.01. The molecule has 2 N–H and O–H groups in total. The molecule has 0 aromatic heterocycles. The first kappa shape index (κ1) is 13.8. The normalized spacial score (nSPS) is 14.2. The van der Waals surface area contributed by atoms with Crippen LogP contribution in [0, 0.1) is 13.8 Å². The second-order valence-electron chi connectivity index (χ2n) is 4.24. The molecule has 5 heteroatoms. The van der Waals surface area contributed by atoms with Gasteiger partial charge in [0, 0.05) is 5.02 Å². The van der Waals surface area contributed by atoms with Crippen LogP contribution in [0.1, 0.15) is 18.1 Å². The van der Waals surface area contributed by atoms with Gasteiger partial charge in [0.15, 0.2) is 5.60 Å². The maximum atomic E-state index is 10.7. The van der Waals surface area contributed by atoms with Crippen molar-refractivity contribution in [2.75, 3.05) is 6.61 Å². The van der Waals surface area contributed by atoms with E-state index in [0.29, 0.717) is 10.8 Å². The van der Waals surface area contributed by atoms with Crippen LogP contribution in [0.2, 0.25) is 5.02 Å². The molecule has 1 atom stereocenters. The molecule has 0 saturated heterocycles. The molecular formula is C12H15ClO4. The Morgan fingerprint density at radius 2 is 1.88 bits per heavy atom. The van der Waals surface area contributed by atoms with Crippen molar-refractivity contribution in [1.29, 1.82) is 0 Å². The third kappa shape index (κ3) is 3.35. The van der Waals surface area contributed by atoms with Crippen LogP contribution in [0.5, 0.6) is 5.75 Å². The largest absolute Gasteiger partial charge is 0.490 e. The molecule has 1 rings (SSSR count). The van der Waals surface area contributed by atoms with Gasteiger partial charge in [0.25, 0.3) is 0 Å². The zero-order valence-corrected chi connectivity index (χ0v) is 10.7. The number of aliphatic carboxylic acids is 1. The van der Waals surface area contributed by atoms with Gasteiger partial charge in [-0.3, -0.25) is 0 Å². The average Bonchev–Trinajstić information content (AvgIpc) is 2.22. The SMILES string of the molecule is Cc1cc(OCC(C)(O)C(=O)O)cc(C)c1Cl. The highest BCUT2D eigenvalue weighted by Crippen LogP contribution is 2.26. The molecule has 1 unspecified atom stereocenters. The summed E-state index contributed by atoms with van der Waals surface area (Å²) in [6.07, 6.45) is 0. The van der Waals surface area contributed by atoms with Gasteiger partial charge in [0.05, 0.1) is 0 Å². The molecule has 0 fully saturated rings. The molecule has 4 nitrogen and oxygen atoms in total. The predicted octanol–water partition coefficient (Wildman–Crippen LogP) is 2.17. The highest BCUT2D eigenvalue weighted by molar-refractivity contribution is 6.32. The number of carboxylic acid groups (broad SMARTS) is 1. The molecule has 0 aliphatic carbocycles. The lowest BCUT2D eigenvalue weighted by Gasteiger charge is -2.19. The monoisotopic (exact) mass is 258 g/mol. The van der Waals surface area contributed by atoms with Gasteiger partial charge < -0.3 is 14.9 Å². The lowest BCUT2D eigenvalue weighted by Crippen LogP contribution is -2.41. The Labute approximate surface area is 105 Å². The minimum Gasteiger partial charge on any atom is -0.490 e. The number of aryl methyl sites for hydroxylation is 2. The fourth-order valence-electron chi connectivity index (χ4n) is 1.28. The summed E-state index contributed by atoms with van der Waals surface area (Å²) < 4.78 is 5.26. The molecule has 0 radical (unpaired) electrons. The minimum absolute atomic E-state index is 0.317. The molecule has 1 aromatic rings. The van der Waals surface area contributed by atoms with E-state index in [-0.39, 0.29) is 6.61 Å². The number of carboxylic acids is 1. The fraction of sp³-hybridized carbons (Fsp3) is 0.417. The van der Waals surface area contributed by atoms with Crippen LogP contribution >= 0.6 is 11.6 Å². The smallest absolute Gasteiger partial charge is 0.339 e. The fourth-order valence-corrected chi connectivity index (χ4v) is 1.38. The first-order valence-electron chi connectivity index (χ1n) is 5.09. The summed E-state index contributed by atoms with van der Waals surface area (Å²) >= 11 is 5.99. The third-order valence-electron chi connectivity index (χ3n) is 2.39. The summed E-state index contributed by atoms with van der Waals surface area (Å²) in [4.78, 5) is 10.7. The average molecular weight is 259 g/mol. The highest BCUT2D eigenvalue weighted by atomic mass is 35.5. The first-order valence-corrected chi connectivity index (χ1v) is 5.47. The number of aliphatic hydroxyl groups is 1. The molecule has 1 aromatic carbocycles. The highest BCUT2D eigenvalue weighted by Gasteiger charge is 2.31. The number of benzene rings is 1. The molecule has 0 aliphatic rings. The van der Waals surface area contributed by atoms with Crippen LogP contribution in [0.4, 0.5) is 0 Å². The summed E-state index contributed by atoms with van der Waals surface area (Å²) in [5.41, 5.74) is -0.213. The van der Waals surface area contributed by atoms with Gasteiger partial charge in [-0.2, -0.15) is 0 Å². The van der Waals surface area contributed by atoms with E-state index in [9.17, 15) is 9.90 Å². The Hall–Kier alpha value is -1.26. The maximum absolute atomic E-state index is 10.7. The van der Waals surface area contributed by atoms with Crippen LogP contribution < -0.4 is 4.74 Å². The van der Waals surface area contributed by atoms with Crippen molar-refractivity contribution in [2.45, 2.75) is 26.4 Å². The summed E-state index contributed by atoms with van der Waals surface area (Å²) in [6, 6.07) is 3.40. The van der Waals surface area contributed by atoms with Crippen molar-refractivity contribution in [3.63, 3.8) is 0 Å². The van der Waals surface area contributed by atoms with Crippen molar-refractivity contribution in [3.8, 4) is 5.75 Å². The molecular weight excluding hydrogens is 244 g/mol. The predicted molar refractivity (Wildman–Crippen MR) is 64.7 cm³/mol. The number of ether oxygens (including phenoxy) is 1. The molecule has 17 heavy (non-hydrogen) atoms. The molecule has 0 saturated carbocycles.